The summed E-state index contributed by atoms with van der Waals surface area (Å²) in [5.41, 5.74) is 1.05. The average Bonchev–Trinajstić information content (AvgIpc) is 2.90. The van der Waals surface area contributed by atoms with Crippen molar-refractivity contribution in [3.63, 3.8) is 0 Å². The molecule has 0 radical (unpaired) electrons. The normalized spacial score (nSPS) is 18.6. The first-order valence-corrected chi connectivity index (χ1v) is 8.10. The predicted molar refractivity (Wildman–Crippen MR) is 84.6 cm³/mol. The van der Waals surface area contributed by atoms with E-state index < -0.39 is 0 Å². The van der Waals surface area contributed by atoms with Gasteiger partial charge in [-0.2, -0.15) is 0 Å². The number of ether oxygens (including phenoxy) is 2. The standard InChI is InChI=1S/C16H21ClN2O3/c1-11(10-19-4-2-3-15(19)20)18-9-12-7-13(17)16-14(8-12)21-5-6-22-16/h7-8,11,18H,2-6,9-10H2,1H3/t11-/m1/s1. The van der Waals surface area contributed by atoms with Gasteiger partial charge in [-0.25, -0.2) is 0 Å². The lowest BCUT2D eigenvalue weighted by molar-refractivity contribution is -0.127. The molecule has 2 aliphatic heterocycles. The number of carbonyl (C=O) groups is 1. The van der Waals surface area contributed by atoms with Crippen LogP contribution in [0, 0.1) is 0 Å². The fourth-order valence-electron chi connectivity index (χ4n) is 2.85. The van der Waals surface area contributed by atoms with Crippen LogP contribution in [0.4, 0.5) is 0 Å². The third-order valence-electron chi connectivity index (χ3n) is 3.98. The first-order valence-electron chi connectivity index (χ1n) is 7.72. The van der Waals surface area contributed by atoms with Crippen molar-refractivity contribution in [1.82, 2.24) is 10.2 Å². The van der Waals surface area contributed by atoms with Gasteiger partial charge in [0.2, 0.25) is 5.91 Å². The van der Waals surface area contributed by atoms with Gasteiger partial charge in [-0.1, -0.05) is 11.6 Å². The molecular weight excluding hydrogens is 304 g/mol. The molecule has 0 saturated carbocycles. The summed E-state index contributed by atoms with van der Waals surface area (Å²) in [6, 6.07) is 4.09. The monoisotopic (exact) mass is 324 g/mol. The van der Waals surface area contributed by atoms with Crippen molar-refractivity contribution >= 4 is 17.5 Å². The average molecular weight is 325 g/mol. The number of fused-ring (bicyclic) bond motifs is 1. The van der Waals surface area contributed by atoms with E-state index in [2.05, 4.69) is 12.2 Å². The van der Waals surface area contributed by atoms with E-state index in [0.717, 1.165) is 25.1 Å². The van der Waals surface area contributed by atoms with Crippen LogP contribution in [0.3, 0.4) is 0 Å². The largest absolute Gasteiger partial charge is 0.486 e. The number of benzene rings is 1. The lowest BCUT2D eigenvalue weighted by Gasteiger charge is -2.23. The molecule has 0 spiro atoms. The van der Waals surface area contributed by atoms with Crippen molar-refractivity contribution in [2.24, 2.45) is 0 Å². The number of nitrogens with zero attached hydrogens (tertiary/aromatic N) is 1. The molecule has 0 aromatic heterocycles. The second kappa shape index (κ2) is 6.75. The van der Waals surface area contributed by atoms with Gasteiger partial charge in [-0.15, -0.1) is 0 Å². The third-order valence-corrected chi connectivity index (χ3v) is 4.26. The van der Waals surface area contributed by atoms with Crippen LogP contribution in [0.1, 0.15) is 25.3 Å². The molecule has 1 N–H and O–H groups in total. The molecule has 1 atom stereocenters. The molecule has 2 aliphatic rings. The van der Waals surface area contributed by atoms with Gasteiger partial charge in [0, 0.05) is 32.1 Å². The lowest BCUT2D eigenvalue weighted by Crippen LogP contribution is -2.39. The predicted octanol–water partition coefficient (Wildman–Crippen LogP) is 2.21. The molecule has 1 amide bonds. The first-order chi connectivity index (χ1) is 10.6. The second-order valence-electron chi connectivity index (χ2n) is 5.83. The fourth-order valence-corrected chi connectivity index (χ4v) is 3.14. The van der Waals surface area contributed by atoms with Crippen molar-refractivity contribution in [2.75, 3.05) is 26.3 Å². The molecular formula is C16H21ClN2O3. The van der Waals surface area contributed by atoms with Crippen molar-refractivity contribution < 1.29 is 14.3 Å². The number of halogens is 1. The van der Waals surface area contributed by atoms with Gasteiger partial charge < -0.3 is 19.7 Å². The number of hydrogen-bond donors (Lipinski definition) is 1. The van der Waals surface area contributed by atoms with Crippen LogP contribution in [-0.4, -0.2) is 43.2 Å². The lowest BCUT2D eigenvalue weighted by atomic mass is 10.1. The zero-order valence-electron chi connectivity index (χ0n) is 12.7. The van der Waals surface area contributed by atoms with E-state index >= 15 is 0 Å². The Morgan fingerprint density at radius 3 is 2.95 bits per heavy atom. The third kappa shape index (κ3) is 3.47. The molecule has 0 aliphatic carbocycles. The molecule has 0 bridgehead atoms. The van der Waals surface area contributed by atoms with Gasteiger partial charge in [-0.05, 0) is 31.0 Å². The van der Waals surface area contributed by atoms with Crippen LogP contribution in [0.5, 0.6) is 11.5 Å². The first kappa shape index (κ1) is 15.4. The van der Waals surface area contributed by atoms with Crippen LogP contribution in [-0.2, 0) is 11.3 Å². The van der Waals surface area contributed by atoms with E-state index in [-0.39, 0.29) is 11.9 Å². The topological polar surface area (TPSA) is 50.8 Å². The Morgan fingerprint density at radius 2 is 2.18 bits per heavy atom. The maximum absolute atomic E-state index is 11.6. The van der Waals surface area contributed by atoms with Crippen LogP contribution in [0.2, 0.25) is 5.02 Å². The molecule has 1 aromatic rings. The van der Waals surface area contributed by atoms with Crippen LogP contribution in [0.15, 0.2) is 12.1 Å². The van der Waals surface area contributed by atoms with E-state index in [1.807, 2.05) is 17.0 Å². The summed E-state index contributed by atoms with van der Waals surface area (Å²) in [5, 5.41) is 4.01. The molecule has 22 heavy (non-hydrogen) atoms. The number of rotatable bonds is 5. The smallest absolute Gasteiger partial charge is 0.222 e. The van der Waals surface area contributed by atoms with Gasteiger partial charge in [-0.3, -0.25) is 4.79 Å². The van der Waals surface area contributed by atoms with Gasteiger partial charge in [0.15, 0.2) is 11.5 Å². The fraction of sp³-hybridized carbons (Fsp3) is 0.562. The highest BCUT2D eigenvalue weighted by Crippen LogP contribution is 2.38. The van der Waals surface area contributed by atoms with E-state index in [0.29, 0.717) is 42.7 Å². The maximum atomic E-state index is 11.6. The summed E-state index contributed by atoms with van der Waals surface area (Å²) in [4.78, 5) is 13.6. The van der Waals surface area contributed by atoms with Crippen molar-refractivity contribution in [3.05, 3.63) is 22.7 Å². The Labute approximate surface area is 135 Å². The highest BCUT2D eigenvalue weighted by molar-refractivity contribution is 6.32. The summed E-state index contributed by atoms with van der Waals surface area (Å²) in [6.45, 7) is 5.47. The maximum Gasteiger partial charge on any atom is 0.222 e. The minimum atomic E-state index is 0.231. The number of amides is 1. The van der Waals surface area contributed by atoms with E-state index in [1.165, 1.54) is 0 Å². The summed E-state index contributed by atoms with van der Waals surface area (Å²) >= 11 is 6.23. The Kier molecular flexibility index (Phi) is 4.74. The summed E-state index contributed by atoms with van der Waals surface area (Å²) in [5.74, 6) is 1.60. The minimum Gasteiger partial charge on any atom is -0.486 e. The van der Waals surface area contributed by atoms with Gasteiger partial charge in [0.05, 0.1) is 5.02 Å². The summed E-state index contributed by atoms with van der Waals surface area (Å²) in [6.07, 6.45) is 1.66. The van der Waals surface area contributed by atoms with Crippen molar-refractivity contribution in [3.8, 4) is 11.5 Å². The quantitative estimate of drug-likeness (QED) is 0.902. The molecule has 1 aromatic carbocycles. The molecule has 0 unspecified atom stereocenters. The van der Waals surface area contributed by atoms with E-state index in [1.54, 1.807) is 0 Å². The molecule has 3 rings (SSSR count). The molecule has 120 valence electrons. The molecule has 6 heteroatoms. The van der Waals surface area contributed by atoms with Gasteiger partial charge >= 0.3 is 0 Å². The van der Waals surface area contributed by atoms with Gasteiger partial charge in [0.25, 0.3) is 0 Å². The van der Waals surface area contributed by atoms with Crippen LogP contribution < -0.4 is 14.8 Å². The highest BCUT2D eigenvalue weighted by Gasteiger charge is 2.22. The molecule has 1 fully saturated rings. The zero-order valence-corrected chi connectivity index (χ0v) is 13.5. The number of carbonyl (C=O) groups excluding carboxylic acids is 1. The Balaban J connectivity index is 1.57. The van der Waals surface area contributed by atoms with Crippen molar-refractivity contribution in [2.45, 2.75) is 32.4 Å². The number of hydrogen-bond acceptors (Lipinski definition) is 4. The molecule has 5 nitrogen and oxygen atoms in total. The molecule has 2 heterocycles. The van der Waals surface area contributed by atoms with Gasteiger partial charge in [0.1, 0.15) is 13.2 Å². The zero-order chi connectivity index (χ0) is 15.5. The van der Waals surface area contributed by atoms with Crippen LogP contribution >= 0.6 is 11.6 Å². The summed E-state index contributed by atoms with van der Waals surface area (Å²) < 4.78 is 11.1. The highest BCUT2D eigenvalue weighted by atomic mass is 35.5. The Bertz CT molecular complexity index is 565. The second-order valence-corrected chi connectivity index (χ2v) is 6.23. The number of nitrogens with one attached hydrogen (secondary N) is 1. The Morgan fingerprint density at radius 1 is 1.36 bits per heavy atom. The van der Waals surface area contributed by atoms with E-state index in [9.17, 15) is 4.79 Å². The van der Waals surface area contributed by atoms with E-state index in [4.69, 9.17) is 21.1 Å². The van der Waals surface area contributed by atoms with Crippen LogP contribution in [0.25, 0.3) is 0 Å². The Hall–Kier alpha value is -1.46. The van der Waals surface area contributed by atoms with Crippen molar-refractivity contribution in [1.29, 1.82) is 0 Å². The summed E-state index contributed by atoms with van der Waals surface area (Å²) in [7, 11) is 0. The number of likely N-dealkylation sites (tertiary alicyclic amines) is 1. The minimum absolute atomic E-state index is 0.231. The SMILES string of the molecule is C[C@H](CN1CCCC1=O)NCc1cc(Cl)c2c(c1)OCCO2. The molecule has 1 saturated heterocycles.